The highest BCUT2D eigenvalue weighted by molar-refractivity contribution is 5.59. The van der Waals surface area contributed by atoms with E-state index in [9.17, 15) is 0 Å². The summed E-state index contributed by atoms with van der Waals surface area (Å²) in [7, 11) is 0. The Morgan fingerprint density at radius 3 is 2.74 bits per heavy atom. The Bertz CT molecular complexity index is 411. The topological polar surface area (TPSA) is 29.3 Å². The summed E-state index contributed by atoms with van der Waals surface area (Å²) in [6.07, 6.45) is 4.84. The van der Waals surface area contributed by atoms with E-state index in [1.807, 2.05) is 0 Å². The number of fused-ring (bicyclic) bond motifs is 1. The lowest BCUT2D eigenvalue weighted by Gasteiger charge is -2.28. The highest BCUT2D eigenvalue weighted by Gasteiger charge is 2.25. The summed E-state index contributed by atoms with van der Waals surface area (Å²) in [4.78, 5) is 2.58. The van der Waals surface area contributed by atoms with Gasteiger partial charge in [0, 0.05) is 18.3 Å². The van der Waals surface area contributed by atoms with Crippen molar-refractivity contribution in [3.05, 3.63) is 29.8 Å². The molecule has 2 nitrogen and oxygen atoms in total. The summed E-state index contributed by atoms with van der Waals surface area (Å²) in [6.45, 7) is 8.98. The fourth-order valence-electron chi connectivity index (χ4n) is 3.21. The van der Waals surface area contributed by atoms with Gasteiger partial charge in [-0.15, -0.1) is 0 Å². The van der Waals surface area contributed by atoms with Crippen molar-refractivity contribution < 1.29 is 0 Å². The molecule has 1 heterocycles. The van der Waals surface area contributed by atoms with Crippen molar-refractivity contribution in [1.82, 2.24) is 0 Å². The molecule has 0 saturated carbocycles. The van der Waals surface area contributed by atoms with E-state index >= 15 is 0 Å². The van der Waals surface area contributed by atoms with Gasteiger partial charge in [0.05, 0.1) is 0 Å². The van der Waals surface area contributed by atoms with Gasteiger partial charge in [-0.05, 0) is 56.2 Å². The number of hydrogen-bond acceptors (Lipinski definition) is 2. The molecule has 0 aromatic heterocycles. The lowest BCUT2D eigenvalue weighted by molar-refractivity contribution is 0.304. The van der Waals surface area contributed by atoms with E-state index in [4.69, 9.17) is 5.73 Å². The van der Waals surface area contributed by atoms with Crippen LogP contribution in [0.15, 0.2) is 24.3 Å². The second-order valence-electron chi connectivity index (χ2n) is 6.68. The largest absolute Gasteiger partial charge is 0.368 e. The van der Waals surface area contributed by atoms with E-state index in [1.54, 1.807) is 0 Å². The van der Waals surface area contributed by atoms with Crippen LogP contribution in [0.3, 0.4) is 0 Å². The molecule has 1 unspecified atom stereocenters. The third kappa shape index (κ3) is 3.50. The average molecular weight is 260 g/mol. The second kappa shape index (κ2) is 5.96. The van der Waals surface area contributed by atoms with Crippen molar-refractivity contribution in [3.63, 3.8) is 0 Å². The van der Waals surface area contributed by atoms with Gasteiger partial charge in [0.25, 0.3) is 0 Å². The van der Waals surface area contributed by atoms with Crippen LogP contribution in [0.2, 0.25) is 0 Å². The molecule has 0 aliphatic carbocycles. The first-order valence-corrected chi connectivity index (χ1v) is 7.58. The summed E-state index contributed by atoms with van der Waals surface area (Å²) in [5.41, 5.74) is 9.03. The smallest absolute Gasteiger partial charge is 0.0402 e. The van der Waals surface area contributed by atoms with Crippen LogP contribution < -0.4 is 10.6 Å². The Kier molecular flexibility index (Phi) is 4.51. The average Bonchev–Trinajstić information content (AvgIpc) is 2.66. The van der Waals surface area contributed by atoms with Crippen LogP contribution in [0, 0.1) is 5.41 Å². The monoisotopic (exact) mass is 260 g/mol. The van der Waals surface area contributed by atoms with Gasteiger partial charge in [0.1, 0.15) is 0 Å². The van der Waals surface area contributed by atoms with Gasteiger partial charge >= 0.3 is 0 Å². The third-order valence-corrected chi connectivity index (χ3v) is 4.42. The molecule has 1 aromatic rings. The molecule has 0 spiro atoms. The minimum absolute atomic E-state index is 0.386. The van der Waals surface area contributed by atoms with Crippen molar-refractivity contribution in [3.8, 4) is 0 Å². The van der Waals surface area contributed by atoms with Crippen LogP contribution in [-0.4, -0.2) is 19.1 Å². The van der Waals surface area contributed by atoms with Gasteiger partial charge in [0.2, 0.25) is 0 Å². The summed E-state index contributed by atoms with van der Waals surface area (Å²) in [5.74, 6) is 0. The maximum Gasteiger partial charge on any atom is 0.0402 e. The summed E-state index contributed by atoms with van der Waals surface area (Å²) in [5, 5.41) is 0. The number of rotatable bonds is 6. The highest BCUT2D eigenvalue weighted by atomic mass is 15.2. The fourth-order valence-corrected chi connectivity index (χ4v) is 3.21. The van der Waals surface area contributed by atoms with Gasteiger partial charge in [0.15, 0.2) is 0 Å². The van der Waals surface area contributed by atoms with Gasteiger partial charge in [-0.2, -0.15) is 0 Å². The molecule has 1 aliphatic heterocycles. The molecule has 0 fully saturated rings. The maximum absolute atomic E-state index is 5.68. The van der Waals surface area contributed by atoms with E-state index in [0.29, 0.717) is 11.5 Å². The van der Waals surface area contributed by atoms with Crippen LogP contribution in [0.1, 0.15) is 45.6 Å². The van der Waals surface area contributed by atoms with E-state index in [0.717, 1.165) is 13.0 Å². The van der Waals surface area contributed by atoms with Crippen LogP contribution in [0.25, 0.3) is 0 Å². The van der Waals surface area contributed by atoms with E-state index in [1.165, 1.54) is 37.1 Å². The Hall–Kier alpha value is -1.02. The molecular formula is C17H28N2. The lowest BCUT2D eigenvalue weighted by Crippen LogP contribution is -2.31. The number of anilines is 1. The van der Waals surface area contributed by atoms with Gasteiger partial charge in [-0.25, -0.2) is 0 Å². The van der Waals surface area contributed by atoms with Gasteiger partial charge in [-0.3, -0.25) is 0 Å². The zero-order chi connectivity index (χ0) is 13.9. The summed E-state index contributed by atoms with van der Waals surface area (Å²) in [6, 6.07) is 9.49. The van der Waals surface area contributed by atoms with Crippen LogP contribution in [0.4, 0.5) is 5.69 Å². The fraction of sp³-hybridized carbons (Fsp3) is 0.647. The number of hydrogen-bond donors (Lipinski definition) is 1. The first-order valence-electron chi connectivity index (χ1n) is 7.58. The molecule has 2 heteroatoms. The minimum Gasteiger partial charge on any atom is -0.368 e. The van der Waals surface area contributed by atoms with Crippen molar-refractivity contribution in [1.29, 1.82) is 0 Å². The summed E-state index contributed by atoms with van der Waals surface area (Å²) < 4.78 is 0. The van der Waals surface area contributed by atoms with Crippen molar-refractivity contribution in [2.24, 2.45) is 11.1 Å². The zero-order valence-corrected chi connectivity index (χ0v) is 12.7. The van der Waals surface area contributed by atoms with E-state index < -0.39 is 0 Å². The molecule has 0 bridgehead atoms. The Morgan fingerprint density at radius 1 is 1.26 bits per heavy atom. The maximum atomic E-state index is 5.68. The second-order valence-corrected chi connectivity index (χ2v) is 6.68. The first-order chi connectivity index (χ1) is 9.03. The number of para-hydroxylation sites is 1. The molecule has 1 aliphatic rings. The minimum atomic E-state index is 0.386. The molecule has 0 amide bonds. The van der Waals surface area contributed by atoms with Gasteiger partial charge in [-0.1, -0.05) is 32.0 Å². The molecule has 106 valence electrons. The van der Waals surface area contributed by atoms with Crippen LogP contribution in [0.5, 0.6) is 0 Å². The highest BCUT2D eigenvalue weighted by Crippen LogP contribution is 2.33. The molecule has 2 rings (SSSR count). The number of nitrogens with zero attached hydrogens (tertiary/aromatic N) is 1. The SMILES string of the molecule is CC1Cc2ccccc2N1CCCC(C)(C)CCN. The predicted molar refractivity (Wildman–Crippen MR) is 83.6 cm³/mol. The van der Waals surface area contributed by atoms with Crippen molar-refractivity contribution in [2.75, 3.05) is 18.0 Å². The Labute approximate surface area is 118 Å². The quantitative estimate of drug-likeness (QED) is 0.847. The van der Waals surface area contributed by atoms with Crippen LogP contribution >= 0.6 is 0 Å². The molecule has 19 heavy (non-hydrogen) atoms. The Morgan fingerprint density at radius 2 is 2.00 bits per heavy atom. The molecule has 1 atom stereocenters. The molecule has 2 N–H and O–H groups in total. The zero-order valence-electron chi connectivity index (χ0n) is 12.7. The number of benzene rings is 1. The Balaban J connectivity index is 1.90. The van der Waals surface area contributed by atoms with E-state index in [-0.39, 0.29) is 0 Å². The summed E-state index contributed by atoms with van der Waals surface area (Å²) >= 11 is 0. The molecule has 1 aromatic carbocycles. The molecule has 0 radical (unpaired) electrons. The predicted octanol–water partition coefficient (Wildman–Crippen LogP) is 3.59. The third-order valence-electron chi connectivity index (χ3n) is 4.42. The number of nitrogens with two attached hydrogens (primary N) is 1. The first kappa shape index (κ1) is 14.4. The van der Waals surface area contributed by atoms with Gasteiger partial charge < -0.3 is 10.6 Å². The lowest BCUT2D eigenvalue weighted by atomic mass is 9.84. The normalized spacial score (nSPS) is 18.7. The van der Waals surface area contributed by atoms with Crippen molar-refractivity contribution >= 4 is 5.69 Å². The van der Waals surface area contributed by atoms with E-state index in [2.05, 4.69) is 49.9 Å². The molecular weight excluding hydrogens is 232 g/mol. The van der Waals surface area contributed by atoms with Crippen LogP contribution in [-0.2, 0) is 6.42 Å². The standard InChI is InChI=1S/C17H28N2/c1-14-13-15-7-4-5-8-16(15)19(14)12-6-9-17(2,3)10-11-18/h4-5,7-8,14H,6,9-13,18H2,1-3H3. The van der Waals surface area contributed by atoms with Crippen molar-refractivity contribution in [2.45, 2.75) is 52.5 Å². The molecule has 0 saturated heterocycles.